The summed E-state index contributed by atoms with van der Waals surface area (Å²) in [6.07, 6.45) is 0.0898. The molecule has 3 aromatic rings. The maximum Gasteiger partial charge on any atom is 0.280 e. The highest BCUT2D eigenvalue weighted by molar-refractivity contribution is 7.87. The van der Waals surface area contributed by atoms with Gasteiger partial charge < -0.3 is 0 Å². The number of nitrogens with one attached hydrogen (secondary N) is 1. The number of Topliss-reactive ketones (excluding diaryl/α,β-unsaturated/α-hetero) is 1. The first-order valence-corrected chi connectivity index (χ1v) is 12.5. The molecule has 34 heavy (non-hydrogen) atoms. The molecule has 1 heterocycles. The summed E-state index contributed by atoms with van der Waals surface area (Å²) >= 11 is 12.0. The van der Waals surface area contributed by atoms with E-state index in [-0.39, 0.29) is 28.7 Å². The molecule has 0 unspecified atom stereocenters. The third-order valence-corrected chi connectivity index (χ3v) is 8.03. The van der Waals surface area contributed by atoms with Crippen molar-refractivity contribution in [3.05, 3.63) is 93.5 Å². The third-order valence-electron chi connectivity index (χ3n) is 5.83. The van der Waals surface area contributed by atoms with Crippen molar-refractivity contribution in [2.24, 2.45) is 0 Å². The van der Waals surface area contributed by atoms with Gasteiger partial charge in [0.25, 0.3) is 10.2 Å². The zero-order chi connectivity index (χ0) is 24.6. The lowest BCUT2D eigenvalue weighted by molar-refractivity contribution is -0.122. The maximum absolute atomic E-state index is 13.5. The van der Waals surface area contributed by atoms with Crippen LogP contribution in [0.5, 0.6) is 0 Å². The molecule has 1 N–H and O–H groups in total. The summed E-state index contributed by atoms with van der Waals surface area (Å²) in [6, 6.07) is 13.5. The van der Waals surface area contributed by atoms with Gasteiger partial charge in [0.2, 0.25) is 0 Å². The fourth-order valence-corrected chi connectivity index (χ4v) is 5.78. The highest BCUT2D eigenvalue weighted by Gasteiger charge is 2.40. The van der Waals surface area contributed by atoms with Crippen molar-refractivity contribution in [1.82, 2.24) is 9.03 Å². The maximum atomic E-state index is 13.5. The van der Waals surface area contributed by atoms with Gasteiger partial charge in [-0.15, -0.1) is 0 Å². The lowest BCUT2D eigenvalue weighted by atomic mass is 9.93. The van der Waals surface area contributed by atoms with Crippen LogP contribution < -0.4 is 4.72 Å². The molecule has 1 aliphatic rings. The van der Waals surface area contributed by atoms with Crippen LogP contribution in [0.1, 0.15) is 23.6 Å². The van der Waals surface area contributed by atoms with E-state index in [0.717, 1.165) is 4.31 Å². The lowest BCUT2D eigenvalue weighted by Crippen LogP contribution is -2.55. The van der Waals surface area contributed by atoms with E-state index < -0.39 is 33.9 Å². The van der Waals surface area contributed by atoms with Crippen LogP contribution in [0.25, 0.3) is 11.1 Å². The largest absolute Gasteiger partial charge is 0.298 e. The van der Waals surface area contributed by atoms with Gasteiger partial charge in [0.05, 0.1) is 16.1 Å². The average Bonchev–Trinajstić information content (AvgIpc) is 2.78. The van der Waals surface area contributed by atoms with Crippen LogP contribution in [0, 0.1) is 11.6 Å². The summed E-state index contributed by atoms with van der Waals surface area (Å²) in [6.45, 7) is 0. The number of halogens is 4. The van der Waals surface area contributed by atoms with Crippen LogP contribution in [0.3, 0.4) is 0 Å². The monoisotopic (exact) mass is 524 g/mol. The molecule has 10 heteroatoms. The standard InChI is InChI=1S/C24H20Cl2F2N2O3S/c1-30-23(24(31)10-14-5-8-21(28)20(26)9-14)13-22(29-34(30,32)33)16-4-2-3-15(11-16)18-7-6-17(27)12-19(18)25/h2-9,11-12,22-23,29H,10,13H2,1H3/t22-,23+/m0/s1. The minimum Gasteiger partial charge on any atom is -0.298 e. The van der Waals surface area contributed by atoms with E-state index in [4.69, 9.17) is 23.2 Å². The van der Waals surface area contributed by atoms with Gasteiger partial charge in [-0.25, -0.2) is 8.78 Å². The Labute approximate surface area is 206 Å². The summed E-state index contributed by atoms with van der Waals surface area (Å²) in [5.41, 5.74) is 2.41. The average molecular weight is 525 g/mol. The fourth-order valence-electron chi connectivity index (χ4n) is 4.00. The van der Waals surface area contributed by atoms with E-state index in [1.165, 1.54) is 37.4 Å². The predicted molar refractivity (Wildman–Crippen MR) is 128 cm³/mol. The number of carbonyl (C=O) groups is 1. The smallest absolute Gasteiger partial charge is 0.280 e. The van der Waals surface area contributed by atoms with E-state index >= 15 is 0 Å². The van der Waals surface area contributed by atoms with Gasteiger partial charge in [0.15, 0.2) is 5.78 Å². The quantitative estimate of drug-likeness (QED) is 0.490. The predicted octanol–water partition coefficient (Wildman–Crippen LogP) is 5.33. The summed E-state index contributed by atoms with van der Waals surface area (Å²) < 4.78 is 56.1. The molecule has 1 aliphatic heterocycles. The molecule has 4 rings (SSSR count). The van der Waals surface area contributed by atoms with Gasteiger partial charge >= 0.3 is 0 Å². The number of hydrogen-bond acceptors (Lipinski definition) is 3. The first kappa shape index (κ1) is 24.8. The second-order valence-electron chi connectivity index (χ2n) is 8.08. The molecule has 0 saturated carbocycles. The Bertz CT molecular complexity index is 1370. The Morgan fingerprint density at radius 3 is 2.53 bits per heavy atom. The molecule has 0 amide bonds. The second-order valence-corrected chi connectivity index (χ2v) is 10.7. The van der Waals surface area contributed by atoms with Gasteiger partial charge in [-0.1, -0.05) is 47.5 Å². The van der Waals surface area contributed by atoms with Crippen LogP contribution in [0.15, 0.2) is 60.7 Å². The molecule has 0 aromatic heterocycles. The van der Waals surface area contributed by atoms with E-state index in [1.807, 2.05) is 0 Å². The first-order valence-electron chi connectivity index (χ1n) is 10.3. The number of ketones is 1. The van der Waals surface area contributed by atoms with Gasteiger partial charge in [-0.2, -0.15) is 17.4 Å². The van der Waals surface area contributed by atoms with Crippen LogP contribution in [0.2, 0.25) is 10.0 Å². The Morgan fingerprint density at radius 1 is 1.06 bits per heavy atom. The van der Waals surface area contributed by atoms with Crippen molar-refractivity contribution in [2.45, 2.75) is 24.9 Å². The SMILES string of the molecule is CN1[C@@H](C(=O)Cc2ccc(F)c(Cl)c2)C[C@@H](c2cccc(-c3ccc(F)cc3Cl)c2)NS1(=O)=O. The third kappa shape index (κ3) is 5.16. The van der Waals surface area contributed by atoms with Crippen molar-refractivity contribution >= 4 is 39.2 Å². The molecule has 0 spiro atoms. The highest BCUT2D eigenvalue weighted by Crippen LogP contribution is 2.34. The molecule has 178 valence electrons. The summed E-state index contributed by atoms with van der Waals surface area (Å²) in [5.74, 6) is -1.39. The molecule has 0 bridgehead atoms. The summed E-state index contributed by atoms with van der Waals surface area (Å²) in [4.78, 5) is 13.1. The molecule has 0 aliphatic carbocycles. The normalized spacial score (nSPS) is 20.3. The number of nitrogens with zero attached hydrogens (tertiary/aromatic N) is 1. The number of likely N-dealkylation sites (N-methyl/N-ethyl adjacent to an activating group) is 1. The summed E-state index contributed by atoms with van der Waals surface area (Å²) in [5, 5.41) is 0.123. The van der Waals surface area contributed by atoms with E-state index in [9.17, 15) is 22.0 Å². The molecule has 3 aromatic carbocycles. The molecule has 1 fully saturated rings. The van der Waals surface area contributed by atoms with Crippen molar-refractivity contribution in [2.75, 3.05) is 7.05 Å². The van der Waals surface area contributed by atoms with E-state index in [0.29, 0.717) is 22.3 Å². The Kier molecular flexibility index (Phi) is 7.07. The minimum absolute atomic E-state index is 0.0948. The summed E-state index contributed by atoms with van der Waals surface area (Å²) in [7, 11) is -2.61. The van der Waals surface area contributed by atoms with E-state index in [2.05, 4.69) is 4.72 Å². The zero-order valence-corrected chi connectivity index (χ0v) is 20.3. The number of carbonyl (C=O) groups excluding carboxylic acids is 1. The lowest BCUT2D eigenvalue weighted by Gasteiger charge is -2.36. The minimum atomic E-state index is -3.95. The number of rotatable bonds is 5. The van der Waals surface area contributed by atoms with Crippen molar-refractivity contribution in [3.8, 4) is 11.1 Å². The first-order chi connectivity index (χ1) is 16.0. The Morgan fingerprint density at radius 2 is 1.82 bits per heavy atom. The molecule has 0 radical (unpaired) electrons. The highest BCUT2D eigenvalue weighted by atomic mass is 35.5. The number of hydrogen-bond donors (Lipinski definition) is 1. The van der Waals surface area contributed by atoms with Crippen LogP contribution in [0.4, 0.5) is 8.78 Å². The van der Waals surface area contributed by atoms with Crippen LogP contribution in [-0.4, -0.2) is 31.6 Å². The van der Waals surface area contributed by atoms with Crippen molar-refractivity contribution < 1.29 is 22.0 Å². The van der Waals surface area contributed by atoms with Gasteiger partial charge in [0, 0.05) is 25.1 Å². The fraction of sp³-hybridized carbons (Fsp3) is 0.208. The second kappa shape index (κ2) is 9.71. The molecule has 5 nitrogen and oxygen atoms in total. The van der Waals surface area contributed by atoms with Crippen molar-refractivity contribution in [1.29, 1.82) is 0 Å². The van der Waals surface area contributed by atoms with Gasteiger partial charge in [-0.05, 0) is 59.5 Å². The van der Waals surface area contributed by atoms with Crippen LogP contribution in [-0.2, 0) is 21.4 Å². The molecule has 2 atom stereocenters. The number of benzene rings is 3. The van der Waals surface area contributed by atoms with Crippen LogP contribution >= 0.6 is 23.2 Å². The zero-order valence-electron chi connectivity index (χ0n) is 17.9. The van der Waals surface area contributed by atoms with Gasteiger partial charge in [-0.3, -0.25) is 4.79 Å². The van der Waals surface area contributed by atoms with Gasteiger partial charge in [0.1, 0.15) is 11.6 Å². The van der Waals surface area contributed by atoms with E-state index in [1.54, 1.807) is 30.3 Å². The van der Waals surface area contributed by atoms with Crippen molar-refractivity contribution in [3.63, 3.8) is 0 Å². The Balaban J connectivity index is 1.62. The molecule has 1 saturated heterocycles. The Hall–Kier alpha value is -2.36. The molecular formula is C24H20Cl2F2N2O3S. The topological polar surface area (TPSA) is 66.5 Å². The molecular weight excluding hydrogens is 505 g/mol.